The number of nitrogens with one attached hydrogen (secondary N) is 1. The minimum absolute atomic E-state index is 0.0243. The van der Waals surface area contributed by atoms with Gasteiger partial charge >= 0.3 is 0 Å². The van der Waals surface area contributed by atoms with Gasteiger partial charge < -0.3 is 9.80 Å². The van der Waals surface area contributed by atoms with Gasteiger partial charge in [0.15, 0.2) is 0 Å². The van der Waals surface area contributed by atoms with Crippen molar-refractivity contribution in [3.05, 3.63) is 75.7 Å². The number of carbonyl (C=O) groups excluding carboxylic acids is 2. The third-order valence-corrected chi connectivity index (χ3v) is 5.70. The van der Waals surface area contributed by atoms with Gasteiger partial charge in [-0.25, -0.2) is 5.10 Å². The van der Waals surface area contributed by atoms with Gasteiger partial charge in [0.25, 0.3) is 11.5 Å². The molecule has 7 heteroatoms. The number of amides is 2. The highest BCUT2D eigenvalue weighted by Gasteiger charge is 2.24. The first-order valence-electron chi connectivity index (χ1n) is 10.7. The van der Waals surface area contributed by atoms with E-state index in [4.69, 9.17) is 0 Å². The molecule has 3 aromatic rings. The highest BCUT2D eigenvalue weighted by atomic mass is 16.2. The van der Waals surface area contributed by atoms with E-state index in [-0.39, 0.29) is 17.4 Å². The summed E-state index contributed by atoms with van der Waals surface area (Å²) in [7, 11) is 0. The normalized spacial score (nSPS) is 14.1. The molecular formula is C24H26N4O3. The third kappa shape index (κ3) is 4.50. The van der Waals surface area contributed by atoms with Gasteiger partial charge in [-0.2, -0.15) is 5.10 Å². The Balaban J connectivity index is 1.48. The van der Waals surface area contributed by atoms with E-state index in [1.165, 1.54) is 0 Å². The van der Waals surface area contributed by atoms with Gasteiger partial charge in [0.2, 0.25) is 5.91 Å². The Morgan fingerprint density at radius 3 is 2.42 bits per heavy atom. The molecule has 2 aromatic carbocycles. The second-order valence-electron chi connectivity index (χ2n) is 7.85. The van der Waals surface area contributed by atoms with E-state index in [0.717, 1.165) is 23.1 Å². The fourth-order valence-electron chi connectivity index (χ4n) is 4.03. The van der Waals surface area contributed by atoms with E-state index in [9.17, 15) is 14.4 Å². The van der Waals surface area contributed by atoms with Crippen LogP contribution in [0.25, 0.3) is 10.8 Å². The lowest BCUT2D eigenvalue weighted by molar-refractivity contribution is -0.132. The molecule has 1 aliphatic rings. The zero-order valence-electron chi connectivity index (χ0n) is 17.6. The van der Waals surface area contributed by atoms with Crippen molar-refractivity contribution in [3.8, 4) is 0 Å². The van der Waals surface area contributed by atoms with E-state index in [1.54, 1.807) is 6.07 Å². The van der Waals surface area contributed by atoms with Crippen molar-refractivity contribution >= 4 is 22.6 Å². The number of hydrogen-bond donors (Lipinski definition) is 1. The SMILES string of the molecule is CCCC(=O)N1CCN(C(=O)c2cccc(Cc3n[nH]c(=O)c4ccccc34)c2)CC1. The van der Waals surface area contributed by atoms with E-state index < -0.39 is 0 Å². The second kappa shape index (κ2) is 9.12. The monoisotopic (exact) mass is 418 g/mol. The Morgan fingerprint density at radius 2 is 1.68 bits per heavy atom. The van der Waals surface area contributed by atoms with Crippen LogP contribution in [0.1, 0.15) is 41.4 Å². The summed E-state index contributed by atoms with van der Waals surface area (Å²) >= 11 is 0. The summed E-state index contributed by atoms with van der Waals surface area (Å²) < 4.78 is 0. The van der Waals surface area contributed by atoms with Gasteiger partial charge in [-0.3, -0.25) is 14.4 Å². The number of nitrogens with zero attached hydrogens (tertiary/aromatic N) is 3. The van der Waals surface area contributed by atoms with Gasteiger partial charge in [-0.15, -0.1) is 0 Å². The molecule has 160 valence electrons. The highest BCUT2D eigenvalue weighted by molar-refractivity contribution is 5.94. The molecule has 1 fully saturated rings. The summed E-state index contributed by atoms with van der Waals surface area (Å²) in [5.74, 6) is 0.140. The average molecular weight is 418 g/mol. The molecule has 1 aromatic heterocycles. The van der Waals surface area contributed by atoms with Gasteiger partial charge in [0, 0.05) is 50.0 Å². The minimum atomic E-state index is -0.208. The number of piperazine rings is 1. The van der Waals surface area contributed by atoms with Crippen LogP contribution < -0.4 is 5.56 Å². The predicted octanol–water partition coefficient (Wildman–Crippen LogP) is 2.60. The van der Waals surface area contributed by atoms with Crippen LogP contribution in [0.3, 0.4) is 0 Å². The molecule has 1 N–H and O–H groups in total. The quantitative estimate of drug-likeness (QED) is 0.690. The van der Waals surface area contributed by atoms with Gasteiger partial charge in [-0.05, 0) is 30.2 Å². The maximum atomic E-state index is 13.0. The van der Waals surface area contributed by atoms with E-state index in [1.807, 2.05) is 59.2 Å². The van der Waals surface area contributed by atoms with Crippen molar-refractivity contribution in [2.24, 2.45) is 0 Å². The van der Waals surface area contributed by atoms with E-state index in [2.05, 4.69) is 10.2 Å². The van der Waals surface area contributed by atoms with Crippen LogP contribution >= 0.6 is 0 Å². The molecule has 0 saturated carbocycles. The molecular weight excluding hydrogens is 392 g/mol. The molecule has 0 spiro atoms. The first-order chi connectivity index (χ1) is 15.1. The number of carbonyl (C=O) groups is 2. The Bertz CT molecular complexity index is 1160. The standard InChI is InChI=1S/C24H26N4O3/c1-2-6-22(29)27-11-13-28(14-12-27)24(31)18-8-5-7-17(15-18)16-21-19-9-3-4-10-20(19)23(30)26-25-21/h3-5,7-10,15H,2,6,11-14,16H2,1H3,(H,26,30). The topological polar surface area (TPSA) is 86.4 Å². The number of aromatic amines is 1. The molecule has 1 saturated heterocycles. The molecule has 0 unspecified atom stereocenters. The van der Waals surface area contributed by atoms with Gasteiger partial charge in [0.05, 0.1) is 11.1 Å². The lowest BCUT2D eigenvalue weighted by atomic mass is 10.0. The Kier molecular flexibility index (Phi) is 6.11. The van der Waals surface area contributed by atoms with Crippen molar-refractivity contribution in [1.82, 2.24) is 20.0 Å². The van der Waals surface area contributed by atoms with Crippen LogP contribution in [-0.2, 0) is 11.2 Å². The maximum absolute atomic E-state index is 13.0. The lowest BCUT2D eigenvalue weighted by Gasteiger charge is -2.35. The molecule has 0 atom stereocenters. The minimum Gasteiger partial charge on any atom is -0.339 e. The molecule has 0 aliphatic carbocycles. The van der Waals surface area contributed by atoms with Crippen LogP contribution in [0.15, 0.2) is 53.3 Å². The Labute approximate surface area is 180 Å². The fourth-order valence-corrected chi connectivity index (χ4v) is 4.03. The predicted molar refractivity (Wildman–Crippen MR) is 119 cm³/mol. The first-order valence-corrected chi connectivity index (χ1v) is 10.7. The molecule has 31 heavy (non-hydrogen) atoms. The lowest BCUT2D eigenvalue weighted by Crippen LogP contribution is -2.50. The van der Waals surface area contributed by atoms with Crippen molar-refractivity contribution in [2.75, 3.05) is 26.2 Å². The number of aromatic nitrogens is 2. The van der Waals surface area contributed by atoms with E-state index >= 15 is 0 Å². The molecule has 0 bridgehead atoms. The fraction of sp³-hybridized carbons (Fsp3) is 0.333. The van der Waals surface area contributed by atoms with Crippen molar-refractivity contribution in [3.63, 3.8) is 0 Å². The van der Waals surface area contributed by atoms with Gasteiger partial charge in [0.1, 0.15) is 0 Å². The second-order valence-corrected chi connectivity index (χ2v) is 7.85. The summed E-state index contributed by atoms with van der Waals surface area (Å²) in [5, 5.41) is 8.22. The highest BCUT2D eigenvalue weighted by Crippen LogP contribution is 2.18. The summed E-state index contributed by atoms with van der Waals surface area (Å²) in [6.45, 7) is 4.25. The summed E-state index contributed by atoms with van der Waals surface area (Å²) in [6, 6.07) is 14.9. The van der Waals surface area contributed by atoms with Crippen LogP contribution in [-0.4, -0.2) is 58.0 Å². The molecule has 4 rings (SSSR count). The number of hydrogen-bond acceptors (Lipinski definition) is 4. The summed E-state index contributed by atoms with van der Waals surface area (Å²) in [6.07, 6.45) is 1.91. The molecule has 7 nitrogen and oxygen atoms in total. The maximum Gasteiger partial charge on any atom is 0.272 e. The van der Waals surface area contributed by atoms with E-state index in [0.29, 0.717) is 50.0 Å². The number of rotatable bonds is 5. The van der Waals surface area contributed by atoms with Crippen LogP contribution in [0.4, 0.5) is 0 Å². The molecule has 2 heterocycles. The summed E-state index contributed by atoms with van der Waals surface area (Å²) in [4.78, 5) is 40.8. The number of H-pyrrole nitrogens is 1. The number of fused-ring (bicyclic) bond motifs is 1. The smallest absolute Gasteiger partial charge is 0.272 e. The van der Waals surface area contributed by atoms with Crippen LogP contribution in [0, 0.1) is 0 Å². The Hall–Kier alpha value is -3.48. The van der Waals surface area contributed by atoms with Gasteiger partial charge in [-0.1, -0.05) is 37.3 Å². The largest absolute Gasteiger partial charge is 0.339 e. The molecule has 2 amide bonds. The van der Waals surface area contributed by atoms with Crippen molar-refractivity contribution < 1.29 is 9.59 Å². The Morgan fingerprint density at radius 1 is 0.968 bits per heavy atom. The van der Waals surface area contributed by atoms with Crippen LogP contribution in [0.5, 0.6) is 0 Å². The van der Waals surface area contributed by atoms with Crippen molar-refractivity contribution in [2.45, 2.75) is 26.2 Å². The van der Waals surface area contributed by atoms with Crippen molar-refractivity contribution in [1.29, 1.82) is 0 Å². The molecule has 0 radical (unpaired) electrons. The summed E-state index contributed by atoms with van der Waals surface area (Å²) in [5.41, 5.74) is 2.13. The molecule has 1 aliphatic heterocycles. The average Bonchev–Trinajstić information content (AvgIpc) is 2.81. The third-order valence-electron chi connectivity index (χ3n) is 5.70. The van der Waals surface area contributed by atoms with Crippen LogP contribution in [0.2, 0.25) is 0 Å². The zero-order valence-corrected chi connectivity index (χ0v) is 17.6. The number of benzene rings is 2. The first kappa shape index (κ1) is 20.8. The zero-order chi connectivity index (χ0) is 21.8.